The molecular weight excluding hydrogens is 122 g/mol. The quantitative estimate of drug-likeness (QED) is 0.511. The van der Waals surface area contributed by atoms with Crippen LogP contribution in [0.4, 0.5) is 0 Å². The maximum atomic E-state index is 10.1. The van der Waals surface area contributed by atoms with Crippen LogP contribution in [0.1, 0.15) is 10.5 Å². The number of carboxylic acid groups (broad SMARTS) is 1. The molecule has 0 bridgehead atoms. The van der Waals surface area contributed by atoms with E-state index >= 15 is 0 Å². The number of carbonyl (C=O) groups is 1. The van der Waals surface area contributed by atoms with E-state index < -0.39 is 5.97 Å². The van der Waals surface area contributed by atoms with Crippen LogP contribution in [-0.2, 0) is 0 Å². The van der Waals surface area contributed by atoms with Gasteiger partial charge in [-0.05, 0) is 6.07 Å². The van der Waals surface area contributed by atoms with Crippen LogP contribution in [0, 0.1) is 0 Å². The lowest BCUT2D eigenvalue weighted by molar-refractivity contribution is 0.0690. The topological polar surface area (TPSA) is 73.3 Å². The Balaban J connectivity index is 2.98. The van der Waals surface area contributed by atoms with E-state index in [-0.39, 0.29) is 11.6 Å². The van der Waals surface area contributed by atoms with Gasteiger partial charge in [-0.25, -0.2) is 4.79 Å². The van der Waals surface area contributed by atoms with E-state index in [9.17, 15) is 4.79 Å². The first-order chi connectivity index (χ1) is 4.20. The molecule has 3 N–H and O–H groups in total. The van der Waals surface area contributed by atoms with E-state index in [4.69, 9.17) is 10.2 Å². The van der Waals surface area contributed by atoms with Crippen molar-refractivity contribution in [3.05, 3.63) is 17.8 Å². The van der Waals surface area contributed by atoms with Gasteiger partial charge in [-0.1, -0.05) is 0 Å². The first-order valence-electron chi connectivity index (χ1n) is 2.31. The van der Waals surface area contributed by atoms with Crippen LogP contribution in [0.25, 0.3) is 0 Å². The lowest BCUT2D eigenvalue weighted by Crippen LogP contribution is -1.94. The molecule has 0 unspecified atom stereocenters. The van der Waals surface area contributed by atoms with Crippen molar-refractivity contribution in [1.29, 1.82) is 0 Å². The Kier molecular flexibility index (Phi) is 1.14. The smallest absolute Gasteiger partial charge is 0.352 e. The van der Waals surface area contributed by atoms with Crippen LogP contribution in [0.3, 0.4) is 0 Å². The van der Waals surface area contributed by atoms with Crippen LogP contribution < -0.4 is 0 Å². The van der Waals surface area contributed by atoms with Gasteiger partial charge in [0.2, 0.25) is 0 Å². The van der Waals surface area contributed by atoms with Gasteiger partial charge in [0, 0.05) is 6.07 Å². The van der Waals surface area contributed by atoms with Gasteiger partial charge in [0.25, 0.3) is 0 Å². The molecule has 0 aliphatic heterocycles. The normalized spacial score (nSPS) is 9.33. The maximum Gasteiger partial charge on any atom is 0.352 e. The molecule has 0 amide bonds. The fourth-order valence-corrected chi connectivity index (χ4v) is 0.508. The highest BCUT2D eigenvalue weighted by Crippen LogP contribution is 2.06. The predicted octanol–water partition coefficient (Wildman–Crippen LogP) is 0.418. The van der Waals surface area contributed by atoms with E-state index in [0.717, 1.165) is 0 Å². The molecule has 1 aromatic rings. The van der Waals surface area contributed by atoms with E-state index in [1.807, 2.05) is 0 Å². The molecule has 0 saturated carbocycles. The van der Waals surface area contributed by atoms with Crippen LogP contribution in [0.5, 0.6) is 5.88 Å². The summed E-state index contributed by atoms with van der Waals surface area (Å²) in [4.78, 5) is 12.3. The lowest BCUT2D eigenvalue weighted by Gasteiger charge is -1.82. The maximum absolute atomic E-state index is 10.1. The van der Waals surface area contributed by atoms with Gasteiger partial charge in [0.1, 0.15) is 5.69 Å². The van der Waals surface area contributed by atoms with Gasteiger partial charge in [-0.2, -0.15) is 0 Å². The molecule has 9 heavy (non-hydrogen) atoms. The molecule has 0 atom stereocenters. The highest BCUT2D eigenvalue weighted by molar-refractivity contribution is 5.85. The summed E-state index contributed by atoms with van der Waals surface area (Å²) in [6.45, 7) is 0. The molecule has 0 aliphatic carbocycles. The molecule has 0 saturated heterocycles. The highest BCUT2D eigenvalue weighted by atomic mass is 16.4. The number of aromatic amines is 1. The molecule has 48 valence electrons. The summed E-state index contributed by atoms with van der Waals surface area (Å²) in [6.07, 6.45) is 0. The third-order valence-corrected chi connectivity index (χ3v) is 0.901. The van der Waals surface area contributed by atoms with Crippen molar-refractivity contribution < 1.29 is 15.0 Å². The summed E-state index contributed by atoms with van der Waals surface area (Å²) in [6, 6.07) is 2.57. The van der Waals surface area contributed by atoms with Gasteiger partial charge >= 0.3 is 5.97 Å². The molecule has 1 aromatic heterocycles. The Labute approximate surface area is 50.8 Å². The predicted molar refractivity (Wildman–Crippen MR) is 29.4 cm³/mol. The minimum absolute atomic E-state index is 0.00694. The van der Waals surface area contributed by atoms with Crippen LogP contribution >= 0.6 is 0 Å². The highest BCUT2D eigenvalue weighted by Gasteiger charge is 2.02. The molecular formula is C5H5NO3. The third kappa shape index (κ3) is 1.02. The first kappa shape index (κ1) is 5.68. The standard InChI is InChI=1S/C5H5NO3/c7-4-2-1-3(6-4)5(8)9/h1-2,6-7H,(H,8,9). The summed E-state index contributed by atoms with van der Waals surface area (Å²) in [5.74, 6) is -1.21. The minimum Gasteiger partial charge on any atom is -0.495 e. The van der Waals surface area contributed by atoms with E-state index in [1.54, 1.807) is 0 Å². The van der Waals surface area contributed by atoms with Crippen molar-refractivity contribution in [1.82, 2.24) is 4.98 Å². The molecule has 1 rings (SSSR count). The summed E-state index contributed by atoms with van der Waals surface area (Å²) >= 11 is 0. The third-order valence-electron chi connectivity index (χ3n) is 0.901. The zero-order valence-corrected chi connectivity index (χ0v) is 4.46. The Morgan fingerprint density at radius 3 is 2.44 bits per heavy atom. The zero-order chi connectivity index (χ0) is 6.85. The Bertz CT molecular complexity index is 228. The fraction of sp³-hybridized carbons (Fsp3) is 0. The van der Waals surface area contributed by atoms with Crippen LogP contribution in [0.15, 0.2) is 12.1 Å². The molecule has 0 aromatic carbocycles. The van der Waals surface area contributed by atoms with Crippen molar-refractivity contribution >= 4 is 5.97 Å². The number of hydrogen-bond acceptors (Lipinski definition) is 2. The average molecular weight is 127 g/mol. The largest absolute Gasteiger partial charge is 0.495 e. The summed E-state index contributed by atoms with van der Waals surface area (Å²) in [5, 5.41) is 16.8. The van der Waals surface area contributed by atoms with Gasteiger partial charge in [-0.15, -0.1) is 0 Å². The van der Waals surface area contributed by atoms with Gasteiger partial charge in [0.05, 0.1) is 0 Å². The van der Waals surface area contributed by atoms with Crippen LogP contribution in [-0.4, -0.2) is 21.2 Å². The lowest BCUT2D eigenvalue weighted by atomic mass is 10.4. The monoisotopic (exact) mass is 127 g/mol. The second-order valence-electron chi connectivity index (χ2n) is 1.56. The molecule has 4 nitrogen and oxygen atoms in total. The SMILES string of the molecule is O=C(O)c1ccc(O)[nH]1. The summed E-state index contributed by atoms with van der Waals surface area (Å²) < 4.78 is 0. The number of aromatic nitrogens is 1. The van der Waals surface area contributed by atoms with Crippen molar-refractivity contribution in [2.45, 2.75) is 0 Å². The van der Waals surface area contributed by atoms with Gasteiger partial charge in [-0.3, -0.25) is 0 Å². The Morgan fingerprint density at radius 2 is 2.22 bits per heavy atom. The van der Waals surface area contributed by atoms with Crippen molar-refractivity contribution in [2.75, 3.05) is 0 Å². The number of aromatic carboxylic acids is 1. The number of rotatable bonds is 1. The van der Waals surface area contributed by atoms with Crippen LogP contribution in [0.2, 0.25) is 0 Å². The van der Waals surface area contributed by atoms with Crippen molar-refractivity contribution in [3.8, 4) is 5.88 Å². The molecule has 0 spiro atoms. The number of carboxylic acids is 1. The number of H-pyrrole nitrogens is 1. The first-order valence-corrected chi connectivity index (χ1v) is 2.31. The molecule has 1 heterocycles. The summed E-state index contributed by atoms with van der Waals surface area (Å²) in [7, 11) is 0. The molecule has 0 aliphatic rings. The second kappa shape index (κ2) is 1.81. The molecule has 0 fully saturated rings. The fourth-order valence-electron chi connectivity index (χ4n) is 0.508. The zero-order valence-electron chi connectivity index (χ0n) is 4.46. The number of nitrogens with one attached hydrogen (secondary N) is 1. The average Bonchev–Trinajstić information content (AvgIpc) is 2.14. The minimum atomic E-state index is -1.07. The Hall–Kier alpha value is -1.45. The van der Waals surface area contributed by atoms with Crippen molar-refractivity contribution in [3.63, 3.8) is 0 Å². The van der Waals surface area contributed by atoms with Gasteiger partial charge in [0.15, 0.2) is 5.88 Å². The molecule has 0 radical (unpaired) electrons. The number of aromatic hydroxyl groups is 1. The van der Waals surface area contributed by atoms with Gasteiger partial charge < -0.3 is 15.2 Å². The van der Waals surface area contributed by atoms with Crippen molar-refractivity contribution in [2.24, 2.45) is 0 Å². The second-order valence-corrected chi connectivity index (χ2v) is 1.56. The van der Waals surface area contributed by atoms with E-state index in [1.165, 1.54) is 12.1 Å². The number of hydrogen-bond donors (Lipinski definition) is 3. The van der Waals surface area contributed by atoms with E-state index in [0.29, 0.717) is 0 Å². The van der Waals surface area contributed by atoms with E-state index in [2.05, 4.69) is 4.98 Å². The summed E-state index contributed by atoms with van der Waals surface area (Å²) in [5.41, 5.74) is -0.00694. The molecule has 4 heteroatoms. The Morgan fingerprint density at radius 1 is 1.56 bits per heavy atom.